The molecule has 0 saturated heterocycles. The third-order valence-electron chi connectivity index (χ3n) is 5.40. The molecule has 1 aromatic rings. The van der Waals surface area contributed by atoms with Gasteiger partial charge >= 0.3 is 0 Å². The van der Waals surface area contributed by atoms with E-state index in [-0.39, 0.29) is 11.7 Å². The Hall–Kier alpha value is -1.78. The summed E-state index contributed by atoms with van der Waals surface area (Å²) in [4.78, 5) is 19.1. The van der Waals surface area contributed by atoms with Crippen LogP contribution in [-0.4, -0.2) is 50.1 Å². The van der Waals surface area contributed by atoms with Crippen molar-refractivity contribution in [2.45, 2.75) is 45.1 Å². The Morgan fingerprint density at radius 1 is 1.21 bits per heavy atom. The normalized spacial score (nSPS) is 18.5. The van der Waals surface area contributed by atoms with E-state index in [9.17, 15) is 9.18 Å². The molecule has 0 aromatic heterocycles. The lowest BCUT2D eigenvalue weighted by atomic mass is 9.94. The molecule has 1 amide bonds. The number of halogens is 1. The third-order valence-corrected chi connectivity index (χ3v) is 5.40. The van der Waals surface area contributed by atoms with Crippen LogP contribution in [-0.2, 0) is 4.79 Å². The molecule has 0 N–H and O–H groups in total. The summed E-state index contributed by atoms with van der Waals surface area (Å²) < 4.78 is 13.7. The molecule has 0 atom stereocenters. The van der Waals surface area contributed by atoms with Gasteiger partial charge < -0.3 is 14.7 Å². The van der Waals surface area contributed by atoms with Crippen molar-refractivity contribution < 1.29 is 9.18 Å². The maximum absolute atomic E-state index is 13.7. The lowest BCUT2D eigenvalue weighted by molar-refractivity contribution is -0.132. The third kappa shape index (κ3) is 3.50. The molecule has 1 aliphatic heterocycles. The smallest absolute Gasteiger partial charge is 0.242 e. The molecule has 0 bridgehead atoms. The summed E-state index contributed by atoms with van der Waals surface area (Å²) in [6, 6.07) is 5.23. The monoisotopic (exact) mass is 333 g/mol. The number of anilines is 2. The minimum absolute atomic E-state index is 0.171. The van der Waals surface area contributed by atoms with Crippen LogP contribution < -0.4 is 9.80 Å². The van der Waals surface area contributed by atoms with E-state index in [1.54, 1.807) is 12.1 Å². The Morgan fingerprint density at radius 3 is 2.67 bits per heavy atom. The molecule has 0 spiro atoms. The highest BCUT2D eigenvalue weighted by Crippen LogP contribution is 2.33. The number of carbonyl (C=O) groups is 1. The summed E-state index contributed by atoms with van der Waals surface area (Å²) >= 11 is 0. The van der Waals surface area contributed by atoms with Crippen LogP contribution in [0.15, 0.2) is 18.2 Å². The van der Waals surface area contributed by atoms with Crippen LogP contribution in [0.5, 0.6) is 0 Å². The largest absolute Gasteiger partial charge is 0.371 e. The topological polar surface area (TPSA) is 26.8 Å². The van der Waals surface area contributed by atoms with Crippen molar-refractivity contribution in [2.75, 3.05) is 43.0 Å². The van der Waals surface area contributed by atoms with Crippen LogP contribution in [0.3, 0.4) is 0 Å². The minimum Gasteiger partial charge on any atom is -0.371 e. The fourth-order valence-electron chi connectivity index (χ4n) is 4.03. The molecule has 24 heavy (non-hydrogen) atoms. The van der Waals surface area contributed by atoms with Crippen LogP contribution in [0.1, 0.15) is 39.0 Å². The van der Waals surface area contributed by atoms with Gasteiger partial charge in [0.1, 0.15) is 5.82 Å². The predicted molar refractivity (Wildman–Crippen MR) is 96.1 cm³/mol. The fourth-order valence-corrected chi connectivity index (χ4v) is 4.03. The Kier molecular flexibility index (Phi) is 5.27. The van der Waals surface area contributed by atoms with E-state index >= 15 is 0 Å². The number of amides is 1. The lowest BCUT2D eigenvalue weighted by Crippen LogP contribution is -2.49. The van der Waals surface area contributed by atoms with E-state index in [1.807, 2.05) is 16.8 Å². The molecule has 1 heterocycles. The molecule has 1 fully saturated rings. The molecule has 132 valence electrons. The van der Waals surface area contributed by atoms with Gasteiger partial charge in [0.05, 0.1) is 17.9 Å². The van der Waals surface area contributed by atoms with Crippen LogP contribution >= 0.6 is 0 Å². The van der Waals surface area contributed by atoms with Crippen LogP contribution in [0.25, 0.3) is 0 Å². The van der Waals surface area contributed by atoms with Crippen molar-refractivity contribution in [1.29, 1.82) is 0 Å². The quantitative estimate of drug-likeness (QED) is 0.846. The van der Waals surface area contributed by atoms with Crippen LogP contribution in [0, 0.1) is 5.82 Å². The molecule has 1 saturated carbocycles. The molecule has 1 aliphatic carbocycles. The summed E-state index contributed by atoms with van der Waals surface area (Å²) in [6.07, 6.45) is 5.96. The van der Waals surface area contributed by atoms with Crippen molar-refractivity contribution in [3.63, 3.8) is 0 Å². The predicted octanol–water partition coefficient (Wildman–Crippen LogP) is 3.26. The van der Waals surface area contributed by atoms with Crippen LogP contribution in [0.4, 0.5) is 15.8 Å². The Balaban J connectivity index is 1.74. The zero-order chi connectivity index (χ0) is 17.1. The molecule has 4 nitrogen and oxygen atoms in total. The van der Waals surface area contributed by atoms with E-state index in [0.29, 0.717) is 12.6 Å². The zero-order valence-electron chi connectivity index (χ0n) is 14.8. The average Bonchev–Trinajstić information content (AvgIpc) is 2.59. The van der Waals surface area contributed by atoms with Crippen molar-refractivity contribution in [2.24, 2.45) is 0 Å². The number of hydrogen-bond donors (Lipinski definition) is 0. The molecule has 0 unspecified atom stereocenters. The van der Waals surface area contributed by atoms with Gasteiger partial charge in [0.2, 0.25) is 5.91 Å². The van der Waals surface area contributed by atoms with Crippen molar-refractivity contribution in [3.05, 3.63) is 24.0 Å². The standard InChI is InChI=1S/C19H28FN3O/c1-3-23(16-7-5-4-6-8-16)19(24)14-22-12-11-21(2)17-10-9-15(20)13-18(17)22/h9-10,13,16H,3-8,11-12,14H2,1-2H3. The zero-order valence-corrected chi connectivity index (χ0v) is 14.8. The van der Waals surface area contributed by atoms with Gasteiger partial charge in [-0.1, -0.05) is 19.3 Å². The summed E-state index contributed by atoms with van der Waals surface area (Å²) in [5.74, 6) is -0.0784. The molecular weight excluding hydrogens is 305 g/mol. The molecule has 3 rings (SSSR count). The number of rotatable bonds is 4. The van der Waals surface area contributed by atoms with E-state index in [1.165, 1.54) is 25.3 Å². The highest BCUT2D eigenvalue weighted by Gasteiger charge is 2.28. The fraction of sp³-hybridized carbons (Fsp3) is 0.632. The molecule has 2 aliphatic rings. The highest BCUT2D eigenvalue weighted by molar-refractivity contribution is 5.84. The van der Waals surface area contributed by atoms with E-state index in [0.717, 1.165) is 43.9 Å². The molecule has 1 aromatic carbocycles. The van der Waals surface area contributed by atoms with Gasteiger partial charge in [-0.15, -0.1) is 0 Å². The Labute approximate surface area is 144 Å². The van der Waals surface area contributed by atoms with Gasteiger partial charge in [0, 0.05) is 32.7 Å². The number of fused-ring (bicyclic) bond motifs is 1. The van der Waals surface area contributed by atoms with Gasteiger partial charge in [0.15, 0.2) is 0 Å². The van der Waals surface area contributed by atoms with E-state index in [2.05, 4.69) is 11.8 Å². The van der Waals surface area contributed by atoms with Crippen molar-refractivity contribution in [3.8, 4) is 0 Å². The van der Waals surface area contributed by atoms with E-state index < -0.39 is 0 Å². The molecule has 0 radical (unpaired) electrons. The van der Waals surface area contributed by atoms with Crippen molar-refractivity contribution >= 4 is 17.3 Å². The second-order valence-electron chi connectivity index (χ2n) is 6.95. The van der Waals surface area contributed by atoms with Gasteiger partial charge in [-0.2, -0.15) is 0 Å². The van der Waals surface area contributed by atoms with Crippen LogP contribution in [0.2, 0.25) is 0 Å². The number of hydrogen-bond acceptors (Lipinski definition) is 3. The second-order valence-corrected chi connectivity index (χ2v) is 6.95. The first kappa shape index (κ1) is 17.1. The highest BCUT2D eigenvalue weighted by atomic mass is 19.1. The molecule has 5 heteroatoms. The maximum atomic E-state index is 13.7. The van der Waals surface area contributed by atoms with Gasteiger partial charge in [-0.05, 0) is 38.0 Å². The SMILES string of the molecule is CCN(C(=O)CN1CCN(C)c2ccc(F)cc21)C1CCCCC1. The van der Waals surface area contributed by atoms with E-state index in [4.69, 9.17) is 0 Å². The second kappa shape index (κ2) is 7.41. The average molecular weight is 333 g/mol. The summed E-state index contributed by atoms with van der Waals surface area (Å²) in [5.41, 5.74) is 1.83. The summed E-state index contributed by atoms with van der Waals surface area (Å²) in [5, 5.41) is 0. The number of benzene rings is 1. The number of carbonyl (C=O) groups excluding carboxylic acids is 1. The summed E-state index contributed by atoms with van der Waals surface area (Å²) in [7, 11) is 2.01. The van der Waals surface area contributed by atoms with Gasteiger partial charge in [-0.25, -0.2) is 4.39 Å². The van der Waals surface area contributed by atoms with Gasteiger partial charge in [0.25, 0.3) is 0 Å². The molecular formula is C19H28FN3O. The maximum Gasteiger partial charge on any atom is 0.242 e. The van der Waals surface area contributed by atoms with Gasteiger partial charge in [-0.3, -0.25) is 4.79 Å². The Morgan fingerprint density at radius 2 is 1.96 bits per heavy atom. The summed E-state index contributed by atoms with van der Waals surface area (Å²) in [6.45, 7) is 4.76. The first-order valence-electron chi connectivity index (χ1n) is 9.15. The lowest BCUT2D eigenvalue weighted by Gasteiger charge is -2.39. The van der Waals surface area contributed by atoms with Crippen molar-refractivity contribution in [1.82, 2.24) is 4.90 Å². The first-order chi connectivity index (χ1) is 11.6. The first-order valence-corrected chi connectivity index (χ1v) is 9.15. The minimum atomic E-state index is -0.249. The Bertz CT molecular complexity index is 586. The number of likely N-dealkylation sites (N-methyl/N-ethyl adjacent to an activating group) is 2. The number of nitrogens with zero attached hydrogens (tertiary/aromatic N) is 3.